The zero-order chi connectivity index (χ0) is 22.7. The van der Waals surface area contributed by atoms with Crippen LogP contribution in [0.15, 0.2) is 71.7 Å². The van der Waals surface area contributed by atoms with Crippen LogP contribution in [0, 0.1) is 13.8 Å². The smallest absolute Gasteiger partial charge is 0.244 e. The van der Waals surface area contributed by atoms with Gasteiger partial charge < -0.3 is 10.2 Å². The Kier molecular flexibility index (Phi) is 6.17. The van der Waals surface area contributed by atoms with Gasteiger partial charge in [-0.25, -0.2) is 0 Å². The number of para-hydroxylation sites is 2. The first kappa shape index (κ1) is 21.5. The molecule has 0 aliphatic carbocycles. The van der Waals surface area contributed by atoms with Crippen LogP contribution >= 0.6 is 0 Å². The van der Waals surface area contributed by atoms with Crippen molar-refractivity contribution in [3.63, 3.8) is 0 Å². The van der Waals surface area contributed by atoms with Gasteiger partial charge in [0, 0.05) is 5.69 Å². The monoisotopic (exact) mass is 425 g/mol. The summed E-state index contributed by atoms with van der Waals surface area (Å²) in [6, 6.07) is 21.5. The first-order chi connectivity index (χ1) is 15.4. The molecule has 0 fully saturated rings. The van der Waals surface area contributed by atoms with E-state index in [1.54, 1.807) is 0 Å². The lowest BCUT2D eigenvalue weighted by molar-refractivity contribution is -0.120. The molecule has 0 bridgehead atoms. The van der Waals surface area contributed by atoms with Crippen LogP contribution in [-0.2, 0) is 16.0 Å². The van der Waals surface area contributed by atoms with E-state index in [0.29, 0.717) is 17.1 Å². The summed E-state index contributed by atoms with van der Waals surface area (Å²) >= 11 is 0. The number of amides is 2. The number of rotatable bonds is 5. The Morgan fingerprint density at radius 1 is 1.03 bits per heavy atom. The lowest BCUT2D eigenvalue weighted by Crippen LogP contribution is -2.38. The zero-order valence-corrected chi connectivity index (χ0v) is 18.7. The number of nitrogens with one attached hydrogen (secondary N) is 1. The molecule has 5 nitrogen and oxygen atoms in total. The van der Waals surface area contributed by atoms with Crippen LogP contribution in [0.3, 0.4) is 0 Å². The molecule has 3 aromatic rings. The molecule has 4 rings (SSSR count). The van der Waals surface area contributed by atoms with Crippen molar-refractivity contribution in [1.82, 2.24) is 0 Å². The topological polar surface area (TPSA) is 61.8 Å². The molecule has 5 heteroatoms. The Morgan fingerprint density at radius 3 is 2.53 bits per heavy atom. The van der Waals surface area contributed by atoms with Gasteiger partial charge in [-0.2, -0.15) is 0 Å². The van der Waals surface area contributed by atoms with Crippen molar-refractivity contribution in [1.29, 1.82) is 0 Å². The van der Waals surface area contributed by atoms with Crippen molar-refractivity contribution >= 4 is 34.6 Å². The Labute approximate surface area is 188 Å². The summed E-state index contributed by atoms with van der Waals surface area (Å²) in [7, 11) is 0. The number of fused-ring (bicyclic) bond motifs is 1. The predicted octanol–water partition coefficient (Wildman–Crippen LogP) is 5.36. The molecule has 1 heterocycles. The van der Waals surface area contributed by atoms with Crippen molar-refractivity contribution in [3.8, 4) is 0 Å². The third-order valence-electron chi connectivity index (χ3n) is 5.71. The van der Waals surface area contributed by atoms with E-state index in [4.69, 9.17) is 4.99 Å². The molecule has 0 aromatic heterocycles. The number of aliphatic imine (C=N–C) groups is 1. The second-order valence-corrected chi connectivity index (χ2v) is 8.12. The van der Waals surface area contributed by atoms with E-state index >= 15 is 0 Å². The summed E-state index contributed by atoms with van der Waals surface area (Å²) in [6.45, 7) is 5.97. The first-order valence-corrected chi connectivity index (χ1v) is 10.9. The minimum absolute atomic E-state index is 0.0686. The molecule has 0 saturated carbocycles. The van der Waals surface area contributed by atoms with E-state index < -0.39 is 0 Å². The fraction of sp³-hybridized carbons (Fsp3) is 0.222. The second kappa shape index (κ2) is 9.18. The fourth-order valence-corrected chi connectivity index (χ4v) is 3.82. The van der Waals surface area contributed by atoms with Gasteiger partial charge in [-0.3, -0.25) is 14.6 Å². The van der Waals surface area contributed by atoms with Crippen LogP contribution in [0.5, 0.6) is 0 Å². The van der Waals surface area contributed by atoms with E-state index in [-0.39, 0.29) is 24.8 Å². The molecule has 0 radical (unpaired) electrons. The molecule has 0 saturated heterocycles. The van der Waals surface area contributed by atoms with Gasteiger partial charge in [0.15, 0.2) is 0 Å². The van der Waals surface area contributed by atoms with Gasteiger partial charge >= 0.3 is 0 Å². The zero-order valence-electron chi connectivity index (χ0n) is 18.7. The van der Waals surface area contributed by atoms with Gasteiger partial charge in [-0.15, -0.1) is 0 Å². The molecule has 1 aliphatic rings. The van der Waals surface area contributed by atoms with Gasteiger partial charge in [0.1, 0.15) is 6.54 Å². The second-order valence-electron chi connectivity index (χ2n) is 8.12. The number of benzene rings is 3. The average Bonchev–Trinajstić information content (AvgIpc) is 2.93. The van der Waals surface area contributed by atoms with Gasteiger partial charge in [-0.1, -0.05) is 55.5 Å². The van der Waals surface area contributed by atoms with Gasteiger partial charge in [0.25, 0.3) is 0 Å². The lowest BCUT2D eigenvalue weighted by atomic mass is 10.0. The molecule has 1 aliphatic heterocycles. The van der Waals surface area contributed by atoms with Gasteiger partial charge in [0.2, 0.25) is 11.8 Å². The van der Waals surface area contributed by atoms with Crippen LogP contribution in [0.4, 0.5) is 17.1 Å². The molecule has 162 valence electrons. The van der Waals surface area contributed by atoms with Crippen LogP contribution in [0.1, 0.15) is 35.6 Å². The molecule has 0 unspecified atom stereocenters. The molecule has 0 spiro atoms. The van der Waals surface area contributed by atoms with Crippen LogP contribution in [0.2, 0.25) is 0 Å². The maximum atomic E-state index is 13.3. The summed E-state index contributed by atoms with van der Waals surface area (Å²) in [5.74, 6) is -0.387. The maximum absolute atomic E-state index is 13.3. The quantitative estimate of drug-likeness (QED) is 0.598. The van der Waals surface area contributed by atoms with Crippen LogP contribution < -0.4 is 10.2 Å². The predicted molar refractivity (Wildman–Crippen MR) is 130 cm³/mol. The minimum atomic E-state index is -0.238. The normalized spacial score (nSPS) is 13.3. The van der Waals surface area contributed by atoms with Crippen molar-refractivity contribution in [2.45, 2.75) is 33.6 Å². The van der Waals surface area contributed by atoms with E-state index in [1.807, 2.05) is 68.4 Å². The largest absolute Gasteiger partial charge is 0.324 e. The lowest BCUT2D eigenvalue weighted by Gasteiger charge is -2.22. The summed E-state index contributed by atoms with van der Waals surface area (Å²) in [5, 5.41) is 2.96. The Bertz CT molecular complexity index is 1200. The highest BCUT2D eigenvalue weighted by atomic mass is 16.2. The summed E-state index contributed by atoms with van der Waals surface area (Å²) < 4.78 is 0. The van der Waals surface area contributed by atoms with E-state index in [2.05, 4.69) is 24.4 Å². The number of carbonyl (C=O) groups is 2. The van der Waals surface area contributed by atoms with Gasteiger partial charge in [-0.05, 0) is 60.7 Å². The third kappa shape index (κ3) is 4.62. The highest BCUT2D eigenvalue weighted by Crippen LogP contribution is 2.33. The number of nitrogens with zero attached hydrogens (tertiary/aromatic N) is 2. The molecule has 1 N–H and O–H groups in total. The molecule has 32 heavy (non-hydrogen) atoms. The van der Waals surface area contributed by atoms with Crippen molar-refractivity contribution in [2.75, 3.05) is 16.8 Å². The number of hydrogen-bond donors (Lipinski definition) is 1. The van der Waals surface area contributed by atoms with Crippen molar-refractivity contribution in [2.24, 2.45) is 4.99 Å². The fourth-order valence-electron chi connectivity index (χ4n) is 3.82. The number of carbonyl (C=O) groups excluding carboxylic acids is 2. The average molecular weight is 426 g/mol. The molecule has 3 aromatic carbocycles. The number of anilines is 2. The summed E-state index contributed by atoms with van der Waals surface area (Å²) in [4.78, 5) is 32.5. The molecular formula is C27H27N3O2. The molecular weight excluding hydrogens is 398 g/mol. The summed E-state index contributed by atoms with van der Waals surface area (Å²) in [5.41, 5.74) is 7.01. The Morgan fingerprint density at radius 2 is 1.78 bits per heavy atom. The maximum Gasteiger partial charge on any atom is 0.244 e. The van der Waals surface area contributed by atoms with Gasteiger partial charge in [0.05, 0.1) is 23.5 Å². The highest BCUT2D eigenvalue weighted by molar-refractivity contribution is 6.19. The Balaban J connectivity index is 1.60. The van der Waals surface area contributed by atoms with Crippen molar-refractivity contribution in [3.05, 3.63) is 89.0 Å². The highest BCUT2D eigenvalue weighted by Gasteiger charge is 2.26. The summed E-state index contributed by atoms with van der Waals surface area (Å²) in [6.07, 6.45) is 1.09. The SMILES string of the molecule is CCc1ccc(C2=Nc3ccccc3N(CC(=O)Nc3cc(C)ccc3C)C(=O)C2)cc1. The Hall–Kier alpha value is -3.73. The van der Waals surface area contributed by atoms with E-state index in [9.17, 15) is 9.59 Å². The third-order valence-corrected chi connectivity index (χ3v) is 5.71. The molecule has 0 atom stereocenters. The van der Waals surface area contributed by atoms with Crippen molar-refractivity contribution < 1.29 is 9.59 Å². The van der Waals surface area contributed by atoms with Crippen LogP contribution in [-0.4, -0.2) is 24.1 Å². The standard InChI is InChI=1S/C27H27N3O2/c1-4-20-11-13-21(14-12-20)24-16-27(32)30(25-8-6-5-7-22(25)28-24)17-26(31)29-23-15-18(2)9-10-19(23)3/h5-15H,4,16-17H2,1-3H3,(H,29,31). The van der Waals surface area contributed by atoms with E-state index in [1.165, 1.54) is 10.5 Å². The van der Waals surface area contributed by atoms with E-state index in [0.717, 1.165) is 28.8 Å². The minimum Gasteiger partial charge on any atom is -0.324 e. The number of hydrogen-bond acceptors (Lipinski definition) is 3. The molecule has 2 amide bonds. The van der Waals surface area contributed by atoms with Crippen LogP contribution in [0.25, 0.3) is 0 Å². The first-order valence-electron chi connectivity index (χ1n) is 10.9. The number of aryl methyl sites for hydroxylation is 3.